The number of nitrogens with one attached hydrogen (secondary N) is 1. The molecule has 0 amide bonds. The van der Waals surface area contributed by atoms with Gasteiger partial charge in [-0.2, -0.15) is 5.26 Å². The van der Waals surface area contributed by atoms with Crippen molar-refractivity contribution in [3.63, 3.8) is 0 Å². The Kier molecular flexibility index (Phi) is 5.83. The molecule has 0 unspecified atom stereocenters. The van der Waals surface area contributed by atoms with E-state index in [1.54, 1.807) is 13.0 Å². The van der Waals surface area contributed by atoms with E-state index in [0.717, 1.165) is 0 Å². The Balaban J connectivity index is 0.000000487. The van der Waals surface area contributed by atoms with Gasteiger partial charge in [-0.15, -0.1) is 0 Å². The van der Waals surface area contributed by atoms with E-state index in [2.05, 4.69) is 21.1 Å². The van der Waals surface area contributed by atoms with Gasteiger partial charge in [-0.05, 0) is 18.6 Å². The van der Waals surface area contributed by atoms with Crippen LogP contribution in [0.5, 0.6) is 0 Å². The minimum Gasteiger partial charge on any atom is -0.545 e. The molecule has 0 aliphatic rings. The van der Waals surface area contributed by atoms with Crippen LogP contribution in [0.15, 0.2) is 18.2 Å². The van der Waals surface area contributed by atoms with Crippen molar-refractivity contribution in [2.24, 2.45) is 0 Å². The third-order valence-electron chi connectivity index (χ3n) is 1.67. The normalized spacial score (nSPS) is 9.00. The fourth-order valence-corrected chi connectivity index (χ4v) is 0.978. The topological polar surface area (TPSA) is 68.4 Å². The number of hydrogen-bond donors (Lipinski definition) is 1. The van der Waals surface area contributed by atoms with E-state index >= 15 is 0 Å². The summed E-state index contributed by atoms with van der Waals surface area (Å²) in [6.45, 7) is 1.59. The predicted octanol–water partition coefficient (Wildman–Crippen LogP) is -1.01. The Hall–Kier alpha value is -1.86. The predicted molar refractivity (Wildman–Crippen MR) is 59.0 cm³/mol. The van der Waals surface area contributed by atoms with Gasteiger partial charge in [0, 0.05) is 5.56 Å². The van der Waals surface area contributed by atoms with E-state index in [-0.39, 0.29) is 5.56 Å². The lowest BCUT2D eigenvalue weighted by Gasteiger charge is -2.06. The molecule has 0 bridgehead atoms. The molecule has 0 radical (unpaired) electrons. The van der Waals surface area contributed by atoms with E-state index in [0.29, 0.717) is 11.1 Å². The molecule has 0 aliphatic carbocycles. The summed E-state index contributed by atoms with van der Waals surface area (Å²) < 4.78 is 0. The molecule has 0 atom stereocenters. The van der Waals surface area contributed by atoms with Gasteiger partial charge in [-0.3, -0.25) is 0 Å². The molecule has 1 aromatic rings. The summed E-state index contributed by atoms with van der Waals surface area (Å²) >= 11 is 0. The first-order chi connectivity index (χ1) is 7.40. The molecule has 1 aromatic carbocycles. The third kappa shape index (κ3) is 4.58. The molecule has 0 saturated carbocycles. The Morgan fingerprint density at radius 2 is 1.88 bits per heavy atom. The van der Waals surface area contributed by atoms with Crippen molar-refractivity contribution in [1.82, 2.24) is 0 Å². The highest BCUT2D eigenvalue weighted by Crippen LogP contribution is 2.11. The molecule has 1 rings (SSSR count). The second-order valence-corrected chi connectivity index (χ2v) is 3.88. The van der Waals surface area contributed by atoms with Crippen LogP contribution in [-0.2, 0) is 0 Å². The zero-order valence-electron chi connectivity index (χ0n) is 10.00. The maximum absolute atomic E-state index is 10.5. The number of quaternary nitrogens is 1. The van der Waals surface area contributed by atoms with E-state index in [9.17, 15) is 9.90 Å². The van der Waals surface area contributed by atoms with Crippen LogP contribution in [0.3, 0.4) is 0 Å². The van der Waals surface area contributed by atoms with Crippen LogP contribution < -0.4 is 10.0 Å². The van der Waals surface area contributed by atoms with E-state index in [1.165, 1.54) is 17.0 Å². The Labute approximate surface area is 95.7 Å². The van der Waals surface area contributed by atoms with Gasteiger partial charge in [-0.1, -0.05) is 12.1 Å². The number of nitrogens with zero attached hydrogens (tertiary/aromatic N) is 1. The lowest BCUT2D eigenvalue weighted by Crippen LogP contribution is -3.02. The van der Waals surface area contributed by atoms with Crippen molar-refractivity contribution in [3.8, 4) is 6.07 Å². The molecule has 0 spiro atoms. The minimum absolute atomic E-state index is 0.0778. The third-order valence-corrected chi connectivity index (χ3v) is 1.67. The Morgan fingerprint density at radius 1 is 1.38 bits per heavy atom. The Bertz CT molecular complexity index is 403. The highest BCUT2D eigenvalue weighted by Gasteiger charge is 2.02. The van der Waals surface area contributed by atoms with Gasteiger partial charge < -0.3 is 14.8 Å². The highest BCUT2D eigenvalue weighted by atomic mass is 16.4. The van der Waals surface area contributed by atoms with Gasteiger partial charge in [0.2, 0.25) is 0 Å². The molecular weight excluding hydrogens is 204 g/mol. The molecular formula is C12H16N2O2. The second kappa shape index (κ2) is 6.59. The molecule has 0 aliphatic heterocycles. The van der Waals surface area contributed by atoms with E-state index < -0.39 is 5.97 Å². The first-order valence-electron chi connectivity index (χ1n) is 4.88. The van der Waals surface area contributed by atoms with Gasteiger partial charge in [0.15, 0.2) is 0 Å². The van der Waals surface area contributed by atoms with Crippen molar-refractivity contribution in [1.29, 1.82) is 5.26 Å². The van der Waals surface area contributed by atoms with Crippen LogP contribution in [0.2, 0.25) is 0 Å². The lowest BCUT2D eigenvalue weighted by molar-refractivity contribution is -0.836. The lowest BCUT2D eigenvalue weighted by atomic mass is 10.0. The molecule has 0 aromatic heterocycles. The Morgan fingerprint density at radius 3 is 2.25 bits per heavy atom. The quantitative estimate of drug-likeness (QED) is 0.659. The fourth-order valence-electron chi connectivity index (χ4n) is 0.978. The SMILES string of the molecule is C[NH+](C)C.Cc1c(C#N)cccc1C(=O)[O-]. The van der Waals surface area contributed by atoms with E-state index in [1.807, 2.05) is 6.07 Å². The second-order valence-electron chi connectivity index (χ2n) is 3.88. The summed E-state index contributed by atoms with van der Waals surface area (Å²) in [5.74, 6) is -1.25. The van der Waals surface area contributed by atoms with Crippen molar-refractivity contribution in [2.45, 2.75) is 6.92 Å². The average molecular weight is 220 g/mol. The molecule has 16 heavy (non-hydrogen) atoms. The molecule has 86 valence electrons. The number of hydrogen-bond acceptors (Lipinski definition) is 3. The molecule has 1 N–H and O–H groups in total. The van der Waals surface area contributed by atoms with Crippen molar-refractivity contribution in [3.05, 3.63) is 34.9 Å². The van der Waals surface area contributed by atoms with Crippen LogP contribution in [0.4, 0.5) is 0 Å². The van der Waals surface area contributed by atoms with Gasteiger partial charge in [0.1, 0.15) is 0 Å². The smallest absolute Gasteiger partial charge is 0.0994 e. The van der Waals surface area contributed by atoms with Crippen LogP contribution in [0.25, 0.3) is 0 Å². The number of benzene rings is 1. The largest absolute Gasteiger partial charge is 0.545 e. The monoisotopic (exact) mass is 220 g/mol. The molecule has 0 heterocycles. The fraction of sp³-hybridized carbons (Fsp3) is 0.333. The number of carboxylic acid groups (broad SMARTS) is 1. The summed E-state index contributed by atoms with van der Waals surface area (Å²) in [7, 11) is 6.25. The standard InChI is InChI=1S/C9H7NO2.C3H9N/c1-6-7(5-10)3-2-4-8(6)9(11)12;1-4(2)3/h2-4H,1H3,(H,11,12);1-3H3. The average Bonchev–Trinajstić information content (AvgIpc) is 2.16. The van der Waals surface area contributed by atoms with Crippen molar-refractivity contribution in [2.75, 3.05) is 21.1 Å². The molecule has 0 fully saturated rings. The van der Waals surface area contributed by atoms with Crippen molar-refractivity contribution >= 4 is 5.97 Å². The maximum Gasteiger partial charge on any atom is 0.0994 e. The number of carboxylic acids is 1. The van der Waals surface area contributed by atoms with Crippen LogP contribution in [-0.4, -0.2) is 27.1 Å². The number of rotatable bonds is 1. The number of nitriles is 1. The number of aromatic carboxylic acids is 1. The van der Waals surface area contributed by atoms with Gasteiger partial charge in [-0.25, -0.2) is 0 Å². The van der Waals surface area contributed by atoms with Crippen LogP contribution in [0, 0.1) is 18.3 Å². The summed E-state index contributed by atoms with van der Waals surface area (Å²) in [4.78, 5) is 11.9. The van der Waals surface area contributed by atoms with Gasteiger partial charge in [0.05, 0.1) is 38.7 Å². The van der Waals surface area contributed by atoms with Crippen LogP contribution in [0.1, 0.15) is 21.5 Å². The van der Waals surface area contributed by atoms with Gasteiger partial charge in [0.25, 0.3) is 0 Å². The highest BCUT2D eigenvalue weighted by molar-refractivity contribution is 5.88. The number of carbonyl (C=O) groups excluding carboxylic acids is 1. The first-order valence-corrected chi connectivity index (χ1v) is 4.88. The summed E-state index contributed by atoms with van der Waals surface area (Å²) in [6.07, 6.45) is 0. The van der Waals surface area contributed by atoms with Crippen LogP contribution >= 0.6 is 0 Å². The van der Waals surface area contributed by atoms with Crippen molar-refractivity contribution < 1.29 is 14.8 Å². The summed E-state index contributed by atoms with van der Waals surface area (Å²) in [6, 6.07) is 6.42. The maximum atomic E-state index is 10.5. The first kappa shape index (κ1) is 14.1. The van der Waals surface area contributed by atoms with E-state index in [4.69, 9.17) is 5.26 Å². The number of carbonyl (C=O) groups is 1. The van der Waals surface area contributed by atoms with Gasteiger partial charge >= 0.3 is 0 Å². The molecule has 0 saturated heterocycles. The molecule has 4 heteroatoms. The minimum atomic E-state index is -1.25. The zero-order chi connectivity index (χ0) is 12.7. The molecule has 4 nitrogen and oxygen atoms in total. The summed E-state index contributed by atoms with van der Waals surface area (Å²) in [5, 5.41) is 19.0. The summed E-state index contributed by atoms with van der Waals surface area (Å²) in [5.41, 5.74) is 0.908. The zero-order valence-corrected chi connectivity index (χ0v) is 10.00.